The van der Waals surface area contributed by atoms with Crippen LogP contribution in [0.25, 0.3) is 72.0 Å². The van der Waals surface area contributed by atoms with E-state index in [1.165, 1.54) is 10.8 Å². The van der Waals surface area contributed by atoms with E-state index in [2.05, 4.69) is 138 Å². The van der Waals surface area contributed by atoms with Gasteiger partial charge in [0.05, 0.1) is 16.7 Å². The molecule has 3 heterocycles. The van der Waals surface area contributed by atoms with Gasteiger partial charge in [0.15, 0.2) is 0 Å². The molecule has 0 N–H and O–H groups in total. The molecule has 8 aromatic rings. The lowest BCUT2D eigenvalue weighted by Crippen LogP contribution is -1.95. The summed E-state index contributed by atoms with van der Waals surface area (Å²) in [4.78, 5) is 4.72. The van der Waals surface area contributed by atoms with Gasteiger partial charge in [0.1, 0.15) is 5.69 Å². The first-order valence-electron chi connectivity index (χ1n) is 13.8. The highest BCUT2D eigenvalue weighted by atomic mass is 15.2. The molecule has 3 heteroatoms. The largest absolute Gasteiger partial charge is 0.256 e. The van der Waals surface area contributed by atoms with E-state index in [0.717, 1.165) is 61.2 Å². The van der Waals surface area contributed by atoms with E-state index in [-0.39, 0.29) is 0 Å². The Morgan fingerprint density at radius 3 is 1.95 bits per heavy atom. The molecule has 0 radical (unpaired) electrons. The monoisotopic (exact) mass is 523 g/mol. The first-order valence-corrected chi connectivity index (χ1v) is 13.8. The summed E-state index contributed by atoms with van der Waals surface area (Å²) in [5.41, 5.74) is 10.8. The zero-order valence-electron chi connectivity index (χ0n) is 22.3. The molecule has 0 amide bonds. The molecule has 192 valence electrons. The molecule has 0 atom stereocenters. The Kier molecular flexibility index (Phi) is 5.46. The second kappa shape index (κ2) is 9.58. The highest BCUT2D eigenvalue weighted by Crippen LogP contribution is 2.41. The van der Waals surface area contributed by atoms with Crippen LogP contribution >= 0.6 is 0 Å². The van der Waals surface area contributed by atoms with Crippen molar-refractivity contribution >= 4 is 27.2 Å². The van der Waals surface area contributed by atoms with Crippen LogP contribution in [0.4, 0.5) is 0 Å². The van der Waals surface area contributed by atoms with Crippen molar-refractivity contribution in [1.82, 2.24) is 14.6 Å². The third-order valence-corrected chi connectivity index (χ3v) is 7.81. The summed E-state index contributed by atoms with van der Waals surface area (Å²) in [5, 5.41) is 8.88. The molecular weight excluding hydrogens is 498 g/mol. The van der Waals surface area contributed by atoms with E-state index in [0.29, 0.717) is 0 Å². The molecule has 3 aromatic heterocycles. The summed E-state index contributed by atoms with van der Waals surface area (Å²) in [6.45, 7) is 0. The summed E-state index contributed by atoms with van der Waals surface area (Å²) in [7, 11) is 0. The number of hydrogen-bond acceptors (Lipinski definition) is 2. The van der Waals surface area contributed by atoms with Gasteiger partial charge in [0.2, 0.25) is 0 Å². The van der Waals surface area contributed by atoms with Crippen LogP contribution in [0.15, 0.2) is 152 Å². The fourth-order valence-corrected chi connectivity index (χ4v) is 5.86. The molecule has 0 unspecified atom stereocenters. The Morgan fingerprint density at radius 2 is 1.12 bits per heavy atom. The van der Waals surface area contributed by atoms with Crippen molar-refractivity contribution in [2.75, 3.05) is 0 Å². The maximum atomic E-state index is 5.37. The van der Waals surface area contributed by atoms with E-state index >= 15 is 0 Å². The summed E-state index contributed by atoms with van der Waals surface area (Å²) < 4.78 is 2.14. The van der Waals surface area contributed by atoms with E-state index in [9.17, 15) is 0 Å². The van der Waals surface area contributed by atoms with Crippen LogP contribution in [0, 0.1) is 0 Å². The van der Waals surface area contributed by atoms with Crippen molar-refractivity contribution < 1.29 is 0 Å². The average molecular weight is 524 g/mol. The third-order valence-electron chi connectivity index (χ3n) is 7.81. The van der Waals surface area contributed by atoms with Gasteiger partial charge in [-0.1, -0.05) is 121 Å². The van der Waals surface area contributed by atoms with E-state index in [1.807, 2.05) is 18.3 Å². The second-order valence-corrected chi connectivity index (χ2v) is 10.3. The minimum absolute atomic E-state index is 0.959. The number of fused-ring (bicyclic) bond motifs is 4. The van der Waals surface area contributed by atoms with Crippen LogP contribution in [0.2, 0.25) is 0 Å². The Hall–Kier alpha value is -5.54. The SMILES string of the molecule is c1ccc(-c2c(-c3cccc(-c4cnc5ccccc5c4)c3)nn3c(-c4ccccc4)cc4ccccc4c23)cc1. The molecule has 0 aliphatic heterocycles. The number of aromatic nitrogens is 3. The molecule has 0 aliphatic rings. The van der Waals surface area contributed by atoms with Gasteiger partial charge in [-0.25, -0.2) is 4.52 Å². The lowest BCUT2D eigenvalue weighted by molar-refractivity contribution is 0.979. The number of para-hydroxylation sites is 1. The van der Waals surface area contributed by atoms with Crippen LogP contribution in [-0.2, 0) is 0 Å². The molecule has 0 saturated heterocycles. The first-order chi connectivity index (χ1) is 20.3. The molecule has 3 nitrogen and oxygen atoms in total. The van der Waals surface area contributed by atoms with Crippen LogP contribution < -0.4 is 0 Å². The Labute approximate surface area is 238 Å². The van der Waals surface area contributed by atoms with Gasteiger partial charge in [-0.15, -0.1) is 0 Å². The predicted molar refractivity (Wildman–Crippen MR) is 170 cm³/mol. The molecule has 0 aliphatic carbocycles. The highest BCUT2D eigenvalue weighted by Gasteiger charge is 2.21. The molecule has 0 bridgehead atoms. The number of pyridine rings is 2. The van der Waals surface area contributed by atoms with E-state index in [1.54, 1.807) is 0 Å². The third kappa shape index (κ3) is 3.98. The molecule has 5 aromatic carbocycles. The van der Waals surface area contributed by atoms with Gasteiger partial charge in [-0.05, 0) is 40.8 Å². The Morgan fingerprint density at radius 1 is 0.463 bits per heavy atom. The van der Waals surface area contributed by atoms with Crippen molar-refractivity contribution in [2.24, 2.45) is 0 Å². The minimum atomic E-state index is 0.959. The highest BCUT2D eigenvalue weighted by molar-refractivity contribution is 6.08. The van der Waals surface area contributed by atoms with Crippen LogP contribution in [0.1, 0.15) is 0 Å². The molecule has 0 saturated carbocycles. The first kappa shape index (κ1) is 23.4. The lowest BCUT2D eigenvalue weighted by atomic mass is 9.95. The summed E-state index contributed by atoms with van der Waals surface area (Å²) in [5.74, 6) is 0. The Balaban J connectivity index is 1.43. The van der Waals surface area contributed by atoms with E-state index < -0.39 is 0 Å². The standard InChI is InChI=1S/C38H25N3/c1-3-12-26(13-4-1)35-24-29-16-7-9-20-33(29)38-36(27-14-5-2-6-15-27)37(40-41(35)38)31-19-11-18-28(22-31)32-23-30-17-8-10-21-34(30)39-25-32/h1-25H. The van der Waals surface area contributed by atoms with Gasteiger partial charge < -0.3 is 0 Å². The molecule has 0 spiro atoms. The van der Waals surface area contributed by atoms with Gasteiger partial charge in [0, 0.05) is 39.2 Å². The minimum Gasteiger partial charge on any atom is -0.256 e. The number of nitrogens with zero attached hydrogens (tertiary/aromatic N) is 3. The van der Waals surface area contributed by atoms with Crippen LogP contribution in [0.3, 0.4) is 0 Å². The maximum Gasteiger partial charge on any atom is 0.101 e. The Bertz CT molecular complexity index is 2200. The molecular formula is C38H25N3. The topological polar surface area (TPSA) is 30.2 Å². The zero-order valence-corrected chi connectivity index (χ0v) is 22.3. The molecule has 0 fully saturated rings. The van der Waals surface area contributed by atoms with E-state index in [4.69, 9.17) is 10.1 Å². The van der Waals surface area contributed by atoms with Crippen molar-refractivity contribution in [3.8, 4) is 44.8 Å². The molecule has 8 rings (SSSR count). The lowest BCUT2D eigenvalue weighted by Gasteiger charge is -2.10. The average Bonchev–Trinajstić information content (AvgIpc) is 3.46. The smallest absolute Gasteiger partial charge is 0.101 e. The van der Waals surface area contributed by atoms with Crippen LogP contribution in [-0.4, -0.2) is 14.6 Å². The molecule has 41 heavy (non-hydrogen) atoms. The van der Waals surface area contributed by atoms with Crippen LogP contribution in [0.5, 0.6) is 0 Å². The van der Waals surface area contributed by atoms with Gasteiger partial charge >= 0.3 is 0 Å². The van der Waals surface area contributed by atoms with Crippen molar-refractivity contribution in [1.29, 1.82) is 0 Å². The van der Waals surface area contributed by atoms with Crippen molar-refractivity contribution in [3.63, 3.8) is 0 Å². The van der Waals surface area contributed by atoms with Gasteiger partial charge in [0.25, 0.3) is 0 Å². The fraction of sp³-hybridized carbons (Fsp3) is 0. The number of benzene rings is 5. The van der Waals surface area contributed by atoms with Gasteiger partial charge in [-0.2, -0.15) is 5.10 Å². The zero-order chi connectivity index (χ0) is 27.2. The summed E-state index contributed by atoms with van der Waals surface area (Å²) in [6, 6.07) is 51.1. The quantitative estimate of drug-likeness (QED) is 0.230. The second-order valence-electron chi connectivity index (χ2n) is 10.3. The number of hydrogen-bond donors (Lipinski definition) is 0. The van der Waals surface area contributed by atoms with Crippen molar-refractivity contribution in [2.45, 2.75) is 0 Å². The fourth-order valence-electron chi connectivity index (χ4n) is 5.86. The maximum absolute atomic E-state index is 5.37. The van der Waals surface area contributed by atoms with Gasteiger partial charge in [-0.3, -0.25) is 4.98 Å². The predicted octanol–water partition coefficient (Wildman–Crippen LogP) is 9.70. The number of rotatable bonds is 4. The normalized spacial score (nSPS) is 11.4. The van der Waals surface area contributed by atoms with Crippen molar-refractivity contribution in [3.05, 3.63) is 152 Å². The summed E-state index contributed by atoms with van der Waals surface area (Å²) in [6.07, 6.45) is 1.96. The summed E-state index contributed by atoms with van der Waals surface area (Å²) >= 11 is 0.